The summed E-state index contributed by atoms with van der Waals surface area (Å²) in [4.78, 5) is 40.6. The van der Waals surface area contributed by atoms with Crippen LogP contribution in [0.3, 0.4) is 0 Å². The van der Waals surface area contributed by atoms with Crippen molar-refractivity contribution >= 4 is 17.8 Å². The number of amides is 2. The Morgan fingerprint density at radius 2 is 1.61 bits per heavy atom. The highest BCUT2D eigenvalue weighted by atomic mass is 19.1. The molecule has 0 aromatic heterocycles. The van der Waals surface area contributed by atoms with Gasteiger partial charge in [0, 0.05) is 5.56 Å². The molecule has 5 nitrogen and oxygen atoms in total. The molecule has 3 rings (SSSR count). The summed E-state index contributed by atoms with van der Waals surface area (Å²) in [5.41, 5.74) is -0.00363. The normalized spacial score (nSPS) is 13.2. The van der Waals surface area contributed by atoms with Gasteiger partial charge >= 0.3 is 5.97 Å². The standard InChI is InChI=1S/C16H9F2NO4/c17-10-5-6-13(18)9(7-10)8-14(20)23-19-15(21)11-3-1-2-4-12(11)16(19)22/h1-7H,8H2. The first-order valence-electron chi connectivity index (χ1n) is 6.60. The number of halogens is 2. The van der Waals surface area contributed by atoms with Gasteiger partial charge in [0.15, 0.2) is 0 Å². The Balaban J connectivity index is 1.76. The molecule has 0 bridgehead atoms. The van der Waals surface area contributed by atoms with Gasteiger partial charge in [-0.3, -0.25) is 9.59 Å². The SMILES string of the molecule is O=C(Cc1cc(F)ccc1F)ON1C(=O)c2ccccc2C1=O. The van der Waals surface area contributed by atoms with Crippen LogP contribution in [0.15, 0.2) is 42.5 Å². The number of benzene rings is 2. The van der Waals surface area contributed by atoms with Gasteiger partial charge in [0.25, 0.3) is 11.8 Å². The smallest absolute Gasteiger partial charge is 0.329 e. The Labute approximate surface area is 129 Å². The highest BCUT2D eigenvalue weighted by molar-refractivity contribution is 6.20. The molecule has 0 saturated heterocycles. The second-order valence-corrected chi connectivity index (χ2v) is 4.83. The second-order valence-electron chi connectivity index (χ2n) is 4.83. The molecule has 0 unspecified atom stereocenters. The fourth-order valence-electron chi connectivity index (χ4n) is 2.22. The van der Waals surface area contributed by atoms with E-state index in [4.69, 9.17) is 4.84 Å². The summed E-state index contributed by atoms with van der Waals surface area (Å²) in [6, 6.07) is 8.62. The zero-order valence-corrected chi connectivity index (χ0v) is 11.6. The summed E-state index contributed by atoms with van der Waals surface area (Å²) in [6.07, 6.45) is -0.614. The third-order valence-electron chi connectivity index (χ3n) is 3.29. The monoisotopic (exact) mass is 317 g/mol. The van der Waals surface area contributed by atoms with E-state index in [2.05, 4.69) is 0 Å². The lowest BCUT2D eigenvalue weighted by molar-refractivity contribution is -0.167. The van der Waals surface area contributed by atoms with E-state index in [0.717, 1.165) is 18.2 Å². The summed E-state index contributed by atoms with van der Waals surface area (Å²) in [5, 5.41) is 0.324. The molecule has 7 heteroatoms. The average molecular weight is 317 g/mol. The lowest BCUT2D eigenvalue weighted by atomic mass is 10.1. The van der Waals surface area contributed by atoms with Crippen LogP contribution >= 0.6 is 0 Å². The molecule has 1 heterocycles. The molecule has 1 aliphatic rings. The molecule has 23 heavy (non-hydrogen) atoms. The molecule has 116 valence electrons. The molecule has 0 fully saturated rings. The minimum atomic E-state index is -1.05. The van der Waals surface area contributed by atoms with Crippen LogP contribution in [0.2, 0.25) is 0 Å². The Morgan fingerprint density at radius 3 is 2.22 bits per heavy atom. The number of hydrogen-bond donors (Lipinski definition) is 0. The van der Waals surface area contributed by atoms with Crippen LogP contribution in [-0.2, 0) is 16.1 Å². The lowest BCUT2D eigenvalue weighted by Gasteiger charge is -2.12. The van der Waals surface area contributed by atoms with Crippen LogP contribution in [-0.4, -0.2) is 22.8 Å². The van der Waals surface area contributed by atoms with Crippen LogP contribution in [0.1, 0.15) is 26.3 Å². The van der Waals surface area contributed by atoms with Gasteiger partial charge in [0.05, 0.1) is 17.5 Å². The Kier molecular flexibility index (Phi) is 3.61. The molecule has 0 saturated carbocycles. The molecule has 0 spiro atoms. The number of hydrogen-bond acceptors (Lipinski definition) is 4. The number of fused-ring (bicyclic) bond motifs is 1. The predicted octanol–water partition coefficient (Wildman–Crippen LogP) is 2.26. The summed E-state index contributed by atoms with van der Waals surface area (Å²) in [7, 11) is 0. The van der Waals surface area contributed by atoms with Crippen molar-refractivity contribution in [2.45, 2.75) is 6.42 Å². The highest BCUT2D eigenvalue weighted by Gasteiger charge is 2.38. The fraction of sp³-hybridized carbons (Fsp3) is 0.0625. The molecule has 0 atom stereocenters. The molecule has 0 N–H and O–H groups in total. The Bertz CT molecular complexity index is 800. The maximum atomic E-state index is 13.5. The number of imide groups is 1. The van der Waals surface area contributed by atoms with E-state index >= 15 is 0 Å². The fourth-order valence-corrected chi connectivity index (χ4v) is 2.22. The van der Waals surface area contributed by atoms with Crippen molar-refractivity contribution in [1.82, 2.24) is 5.06 Å². The first kappa shape index (κ1) is 14.8. The van der Waals surface area contributed by atoms with Gasteiger partial charge in [-0.25, -0.2) is 13.6 Å². The van der Waals surface area contributed by atoms with Gasteiger partial charge in [-0.05, 0) is 30.3 Å². The maximum Gasteiger partial charge on any atom is 0.337 e. The van der Waals surface area contributed by atoms with Crippen molar-refractivity contribution in [2.24, 2.45) is 0 Å². The van der Waals surface area contributed by atoms with E-state index in [1.54, 1.807) is 12.1 Å². The third-order valence-corrected chi connectivity index (χ3v) is 3.29. The second kappa shape index (κ2) is 5.60. The quantitative estimate of drug-likeness (QED) is 0.815. The first-order valence-corrected chi connectivity index (χ1v) is 6.60. The van der Waals surface area contributed by atoms with Crippen molar-refractivity contribution in [3.05, 3.63) is 70.8 Å². The number of carbonyl (C=O) groups is 3. The molecule has 2 amide bonds. The van der Waals surface area contributed by atoms with Crippen molar-refractivity contribution in [2.75, 3.05) is 0 Å². The van der Waals surface area contributed by atoms with E-state index in [1.165, 1.54) is 12.1 Å². The molecule has 1 aliphatic heterocycles. The Morgan fingerprint density at radius 1 is 1.00 bits per heavy atom. The van der Waals surface area contributed by atoms with Crippen molar-refractivity contribution in [3.8, 4) is 0 Å². The van der Waals surface area contributed by atoms with Gasteiger partial charge in [-0.15, -0.1) is 0 Å². The van der Waals surface area contributed by atoms with Gasteiger partial charge < -0.3 is 4.84 Å². The third kappa shape index (κ3) is 2.68. The number of nitrogens with zero attached hydrogens (tertiary/aromatic N) is 1. The summed E-state index contributed by atoms with van der Waals surface area (Å²) < 4.78 is 26.6. The predicted molar refractivity (Wildman–Crippen MR) is 73.1 cm³/mol. The minimum Gasteiger partial charge on any atom is -0.329 e. The zero-order chi connectivity index (χ0) is 16.6. The van der Waals surface area contributed by atoms with Gasteiger partial charge in [-0.2, -0.15) is 0 Å². The van der Waals surface area contributed by atoms with E-state index < -0.39 is 35.8 Å². The van der Waals surface area contributed by atoms with E-state index in [-0.39, 0.29) is 16.7 Å². The largest absolute Gasteiger partial charge is 0.337 e. The van der Waals surface area contributed by atoms with Crippen molar-refractivity contribution in [3.63, 3.8) is 0 Å². The van der Waals surface area contributed by atoms with Crippen LogP contribution in [0.4, 0.5) is 8.78 Å². The van der Waals surface area contributed by atoms with Gasteiger partial charge in [0.1, 0.15) is 11.6 Å². The zero-order valence-electron chi connectivity index (χ0n) is 11.6. The summed E-state index contributed by atoms with van der Waals surface area (Å²) in [5.74, 6) is -4.11. The van der Waals surface area contributed by atoms with Crippen molar-refractivity contribution < 1.29 is 28.0 Å². The number of rotatable bonds is 3. The topological polar surface area (TPSA) is 63.7 Å². The first-order chi connectivity index (χ1) is 11.0. The number of carbonyl (C=O) groups excluding carboxylic acids is 3. The number of hydroxylamine groups is 2. The van der Waals surface area contributed by atoms with E-state index in [9.17, 15) is 23.2 Å². The molecule has 0 aliphatic carbocycles. The average Bonchev–Trinajstić information content (AvgIpc) is 2.76. The van der Waals surface area contributed by atoms with Gasteiger partial charge in [0.2, 0.25) is 0 Å². The van der Waals surface area contributed by atoms with Crippen LogP contribution in [0.5, 0.6) is 0 Å². The molecular weight excluding hydrogens is 308 g/mol. The van der Waals surface area contributed by atoms with Crippen LogP contribution < -0.4 is 0 Å². The lowest BCUT2D eigenvalue weighted by Crippen LogP contribution is -2.33. The van der Waals surface area contributed by atoms with Gasteiger partial charge in [-0.1, -0.05) is 17.2 Å². The summed E-state index contributed by atoms with van der Waals surface area (Å²) in [6.45, 7) is 0. The summed E-state index contributed by atoms with van der Waals surface area (Å²) >= 11 is 0. The minimum absolute atomic E-state index is 0.113. The Hall–Kier alpha value is -3.09. The highest BCUT2D eigenvalue weighted by Crippen LogP contribution is 2.23. The van der Waals surface area contributed by atoms with Crippen molar-refractivity contribution in [1.29, 1.82) is 0 Å². The maximum absolute atomic E-state index is 13.5. The molecule has 0 radical (unpaired) electrons. The molecule has 2 aromatic rings. The molecule has 2 aromatic carbocycles. The van der Waals surface area contributed by atoms with E-state index in [1.807, 2.05) is 0 Å². The molecular formula is C16H9F2NO4. The van der Waals surface area contributed by atoms with Crippen LogP contribution in [0.25, 0.3) is 0 Å². The van der Waals surface area contributed by atoms with E-state index in [0.29, 0.717) is 5.06 Å². The van der Waals surface area contributed by atoms with Crippen LogP contribution in [0, 0.1) is 11.6 Å².